The van der Waals surface area contributed by atoms with Crippen LogP contribution in [0.3, 0.4) is 0 Å². The summed E-state index contributed by atoms with van der Waals surface area (Å²) in [6, 6.07) is -0.765. The van der Waals surface area contributed by atoms with E-state index in [0.29, 0.717) is 24.6 Å². The molecule has 1 amide bonds. The molecule has 0 bridgehead atoms. The average molecular weight is 258 g/mol. The van der Waals surface area contributed by atoms with Crippen LogP contribution in [-0.4, -0.2) is 52.0 Å². The van der Waals surface area contributed by atoms with Gasteiger partial charge in [0.1, 0.15) is 6.04 Å². The molecule has 1 heterocycles. The third kappa shape index (κ3) is 3.13. The number of thioether (sulfide) groups is 1. The molecule has 0 spiro atoms. The Morgan fingerprint density at radius 2 is 2.18 bits per heavy atom. The summed E-state index contributed by atoms with van der Waals surface area (Å²) in [4.78, 5) is 24.6. The zero-order chi connectivity index (χ0) is 12.4. The van der Waals surface area contributed by atoms with Gasteiger partial charge in [0.2, 0.25) is 5.91 Å². The van der Waals surface area contributed by atoms with E-state index in [1.165, 1.54) is 4.90 Å². The van der Waals surface area contributed by atoms with Crippen LogP contribution in [0.25, 0.3) is 0 Å². The Balaban J connectivity index is 1.92. The van der Waals surface area contributed by atoms with E-state index in [0.717, 1.165) is 18.6 Å². The van der Waals surface area contributed by atoms with E-state index in [1.54, 1.807) is 11.8 Å². The Kier molecular flexibility index (Phi) is 3.93. The number of hydrogen-bond acceptors (Lipinski definition) is 4. The largest absolute Gasteiger partial charge is 0.480 e. The fourth-order valence-electron chi connectivity index (χ4n) is 2.12. The molecule has 0 aromatic heterocycles. The van der Waals surface area contributed by atoms with Crippen molar-refractivity contribution in [2.75, 3.05) is 18.1 Å². The number of carbonyl (C=O) groups excluding carboxylic acids is 1. The first-order chi connectivity index (χ1) is 8.09. The number of carboxylic acids is 1. The van der Waals surface area contributed by atoms with Gasteiger partial charge in [0.25, 0.3) is 0 Å². The molecule has 0 aromatic rings. The van der Waals surface area contributed by atoms with E-state index in [2.05, 4.69) is 0 Å². The summed E-state index contributed by atoms with van der Waals surface area (Å²) in [7, 11) is 0. The smallest absolute Gasteiger partial charge is 0.327 e. The second kappa shape index (κ2) is 5.27. The van der Waals surface area contributed by atoms with Gasteiger partial charge in [0, 0.05) is 30.5 Å². The summed E-state index contributed by atoms with van der Waals surface area (Å²) >= 11 is 1.58. The average Bonchev–Trinajstić information content (AvgIpc) is 3.12. The van der Waals surface area contributed by atoms with E-state index in [1.807, 2.05) is 0 Å². The summed E-state index contributed by atoms with van der Waals surface area (Å²) in [6.07, 6.45) is 2.50. The van der Waals surface area contributed by atoms with Crippen LogP contribution in [0.4, 0.5) is 0 Å². The Labute approximate surface area is 105 Å². The van der Waals surface area contributed by atoms with Crippen molar-refractivity contribution >= 4 is 23.6 Å². The van der Waals surface area contributed by atoms with E-state index < -0.39 is 12.0 Å². The quantitative estimate of drug-likeness (QED) is 0.749. The highest BCUT2D eigenvalue weighted by Crippen LogP contribution is 2.33. The topological polar surface area (TPSA) is 83.6 Å². The zero-order valence-electron chi connectivity index (χ0n) is 9.67. The van der Waals surface area contributed by atoms with Crippen LogP contribution in [0.5, 0.6) is 0 Å². The van der Waals surface area contributed by atoms with Crippen LogP contribution in [0.2, 0.25) is 0 Å². The molecule has 1 aliphatic heterocycles. The minimum Gasteiger partial charge on any atom is -0.480 e. The molecule has 1 saturated heterocycles. The number of carbonyl (C=O) groups is 2. The molecule has 1 saturated carbocycles. The first-order valence-corrected chi connectivity index (χ1v) is 7.10. The van der Waals surface area contributed by atoms with Gasteiger partial charge < -0.3 is 15.7 Å². The maximum Gasteiger partial charge on any atom is 0.327 e. The zero-order valence-corrected chi connectivity index (χ0v) is 10.5. The fourth-order valence-corrected chi connectivity index (χ4v) is 3.15. The molecule has 2 rings (SSSR count). The van der Waals surface area contributed by atoms with E-state index >= 15 is 0 Å². The van der Waals surface area contributed by atoms with E-state index in [9.17, 15) is 9.59 Å². The number of nitrogens with two attached hydrogens (primary N) is 1. The molecule has 2 fully saturated rings. The minimum atomic E-state index is -0.912. The molecule has 0 radical (unpaired) electrons. The second-order valence-electron chi connectivity index (χ2n) is 4.72. The number of rotatable bonds is 4. The van der Waals surface area contributed by atoms with Crippen molar-refractivity contribution in [3.63, 3.8) is 0 Å². The predicted molar refractivity (Wildman–Crippen MR) is 65.8 cm³/mol. The van der Waals surface area contributed by atoms with Gasteiger partial charge in [-0.3, -0.25) is 4.79 Å². The third-order valence-electron chi connectivity index (χ3n) is 3.37. The summed E-state index contributed by atoms with van der Waals surface area (Å²) < 4.78 is 0. The maximum atomic E-state index is 12.0. The van der Waals surface area contributed by atoms with Crippen LogP contribution in [0.15, 0.2) is 0 Å². The lowest BCUT2D eigenvalue weighted by atomic mass is 10.1. The van der Waals surface area contributed by atoms with Gasteiger partial charge in [-0.15, -0.1) is 0 Å². The molecule has 1 aliphatic carbocycles. The summed E-state index contributed by atoms with van der Waals surface area (Å²) in [6.45, 7) is 0.526. The van der Waals surface area contributed by atoms with Gasteiger partial charge in [-0.25, -0.2) is 4.79 Å². The lowest BCUT2D eigenvalue weighted by Crippen LogP contribution is -2.51. The van der Waals surface area contributed by atoms with Gasteiger partial charge in [0.05, 0.1) is 0 Å². The molecular formula is C11H18N2O3S. The molecule has 5 nitrogen and oxygen atoms in total. The predicted octanol–water partition coefficient (Wildman–Crippen LogP) is 0.142. The Morgan fingerprint density at radius 3 is 2.76 bits per heavy atom. The van der Waals surface area contributed by atoms with Crippen LogP contribution < -0.4 is 5.73 Å². The van der Waals surface area contributed by atoms with Crippen LogP contribution in [0.1, 0.15) is 19.3 Å². The van der Waals surface area contributed by atoms with E-state index in [-0.39, 0.29) is 11.9 Å². The molecule has 96 valence electrons. The van der Waals surface area contributed by atoms with Crippen molar-refractivity contribution in [1.82, 2.24) is 4.90 Å². The Morgan fingerprint density at radius 1 is 1.47 bits per heavy atom. The van der Waals surface area contributed by atoms with Gasteiger partial charge in [0.15, 0.2) is 0 Å². The molecule has 17 heavy (non-hydrogen) atoms. The highest BCUT2D eigenvalue weighted by atomic mass is 32.2. The molecule has 2 unspecified atom stereocenters. The van der Waals surface area contributed by atoms with Gasteiger partial charge in [-0.1, -0.05) is 0 Å². The van der Waals surface area contributed by atoms with E-state index in [4.69, 9.17) is 10.8 Å². The van der Waals surface area contributed by atoms with Crippen molar-refractivity contribution in [2.24, 2.45) is 11.7 Å². The van der Waals surface area contributed by atoms with Crippen molar-refractivity contribution < 1.29 is 14.7 Å². The van der Waals surface area contributed by atoms with Crippen molar-refractivity contribution in [2.45, 2.75) is 31.3 Å². The SMILES string of the molecule is NC(CC(=O)N1CCSCC1C(=O)O)C1CC1. The first kappa shape index (κ1) is 12.7. The standard InChI is InChI=1S/C11H18N2O3S/c12-8(7-1-2-7)5-10(14)13-3-4-17-6-9(13)11(15)16/h7-9H,1-6,12H2,(H,15,16). The molecule has 2 aliphatic rings. The van der Waals surface area contributed by atoms with Gasteiger partial charge >= 0.3 is 5.97 Å². The third-order valence-corrected chi connectivity index (χ3v) is 4.39. The fraction of sp³-hybridized carbons (Fsp3) is 0.818. The number of hydrogen-bond donors (Lipinski definition) is 2. The Hall–Kier alpha value is -0.750. The summed E-state index contributed by atoms with van der Waals surface area (Å²) in [5.41, 5.74) is 5.91. The summed E-state index contributed by atoms with van der Waals surface area (Å²) in [5, 5.41) is 9.07. The normalized spacial score (nSPS) is 26.6. The van der Waals surface area contributed by atoms with Crippen LogP contribution in [-0.2, 0) is 9.59 Å². The highest BCUT2D eigenvalue weighted by Gasteiger charge is 2.35. The maximum absolute atomic E-state index is 12.0. The molecule has 2 atom stereocenters. The lowest BCUT2D eigenvalue weighted by molar-refractivity contribution is -0.149. The van der Waals surface area contributed by atoms with Crippen LogP contribution in [0, 0.1) is 5.92 Å². The monoisotopic (exact) mass is 258 g/mol. The number of carboxylic acid groups (broad SMARTS) is 1. The number of aliphatic carboxylic acids is 1. The van der Waals surface area contributed by atoms with Gasteiger partial charge in [-0.2, -0.15) is 11.8 Å². The molecule has 6 heteroatoms. The lowest BCUT2D eigenvalue weighted by Gasteiger charge is -2.33. The van der Waals surface area contributed by atoms with Crippen LogP contribution >= 0.6 is 11.8 Å². The molecular weight excluding hydrogens is 240 g/mol. The molecule has 3 N–H and O–H groups in total. The highest BCUT2D eigenvalue weighted by molar-refractivity contribution is 7.99. The first-order valence-electron chi connectivity index (χ1n) is 5.95. The number of amides is 1. The van der Waals surface area contributed by atoms with Crippen molar-refractivity contribution in [1.29, 1.82) is 0 Å². The second-order valence-corrected chi connectivity index (χ2v) is 5.87. The summed E-state index contributed by atoms with van der Waals surface area (Å²) in [5.74, 6) is 0.762. The van der Waals surface area contributed by atoms with Gasteiger partial charge in [-0.05, 0) is 18.8 Å². The van der Waals surface area contributed by atoms with Crippen molar-refractivity contribution in [3.05, 3.63) is 0 Å². The number of nitrogens with zero attached hydrogens (tertiary/aromatic N) is 1. The minimum absolute atomic E-state index is 0.0912. The van der Waals surface area contributed by atoms with Crippen molar-refractivity contribution in [3.8, 4) is 0 Å². The Bertz CT molecular complexity index is 320. The molecule has 0 aromatic carbocycles.